The third-order valence-corrected chi connectivity index (χ3v) is 2.38. The largest absolute Gasteiger partial charge is 0.508 e. The molecule has 0 bridgehead atoms. The number of aryl methyl sites for hydroxylation is 1. The Bertz CT molecular complexity index is 294. The molecule has 14 heavy (non-hydrogen) atoms. The summed E-state index contributed by atoms with van der Waals surface area (Å²) in [5.74, 6) is 0.202. The Hall–Kier alpha value is -1.02. The normalized spacial score (nSPS) is 12.8. The van der Waals surface area contributed by atoms with E-state index in [-0.39, 0.29) is 5.75 Å². The lowest BCUT2D eigenvalue weighted by Gasteiger charge is -2.12. The summed E-state index contributed by atoms with van der Waals surface area (Å²) in [6, 6.07) is 5.39. The zero-order valence-electron chi connectivity index (χ0n) is 8.83. The van der Waals surface area contributed by atoms with Crippen molar-refractivity contribution in [2.24, 2.45) is 0 Å². The van der Waals surface area contributed by atoms with Crippen molar-refractivity contribution in [2.45, 2.75) is 39.2 Å². The van der Waals surface area contributed by atoms with E-state index in [1.807, 2.05) is 13.0 Å². The molecule has 2 N–H and O–H groups in total. The molecule has 78 valence electrons. The zero-order chi connectivity index (χ0) is 10.6. The van der Waals surface area contributed by atoms with Crippen LogP contribution < -0.4 is 0 Å². The molecule has 0 fully saturated rings. The first-order chi connectivity index (χ1) is 6.65. The lowest BCUT2D eigenvalue weighted by Crippen LogP contribution is -1.97. The van der Waals surface area contributed by atoms with Crippen molar-refractivity contribution in [2.75, 3.05) is 0 Å². The van der Waals surface area contributed by atoms with Gasteiger partial charge < -0.3 is 10.2 Å². The third kappa shape index (κ3) is 2.74. The smallest absolute Gasteiger partial charge is 0.121 e. The summed E-state index contributed by atoms with van der Waals surface area (Å²) < 4.78 is 0. The average Bonchev–Trinajstić information content (AvgIpc) is 2.14. The highest BCUT2D eigenvalue weighted by molar-refractivity contribution is 5.37. The number of rotatable bonds is 4. The summed E-state index contributed by atoms with van der Waals surface area (Å²) in [4.78, 5) is 0. The predicted molar refractivity (Wildman–Crippen MR) is 57.3 cm³/mol. The van der Waals surface area contributed by atoms with Gasteiger partial charge in [-0.15, -0.1) is 0 Å². The van der Waals surface area contributed by atoms with Gasteiger partial charge in [-0.05, 0) is 25.0 Å². The lowest BCUT2D eigenvalue weighted by atomic mass is 10.0. The van der Waals surface area contributed by atoms with Crippen LogP contribution in [0.1, 0.15) is 43.4 Å². The van der Waals surface area contributed by atoms with Gasteiger partial charge >= 0.3 is 0 Å². The summed E-state index contributed by atoms with van der Waals surface area (Å²) in [5, 5.41) is 19.4. The monoisotopic (exact) mass is 194 g/mol. The molecule has 0 saturated heterocycles. The summed E-state index contributed by atoms with van der Waals surface area (Å²) >= 11 is 0. The fraction of sp³-hybridized carbons (Fsp3) is 0.500. The highest BCUT2D eigenvalue weighted by Gasteiger charge is 2.11. The topological polar surface area (TPSA) is 40.5 Å². The second kappa shape index (κ2) is 5.01. The summed E-state index contributed by atoms with van der Waals surface area (Å²) in [7, 11) is 0. The molecular weight excluding hydrogens is 176 g/mol. The van der Waals surface area contributed by atoms with Crippen LogP contribution in [0.5, 0.6) is 5.75 Å². The van der Waals surface area contributed by atoms with Crippen LogP contribution in [0.4, 0.5) is 0 Å². The van der Waals surface area contributed by atoms with Crippen molar-refractivity contribution in [3.63, 3.8) is 0 Å². The van der Waals surface area contributed by atoms with E-state index in [0.29, 0.717) is 12.0 Å². The number of hydrogen-bond acceptors (Lipinski definition) is 2. The molecule has 0 aliphatic heterocycles. The zero-order valence-corrected chi connectivity index (χ0v) is 8.83. The van der Waals surface area contributed by atoms with Crippen molar-refractivity contribution in [3.05, 3.63) is 29.3 Å². The van der Waals surface area contributed by atoms with E-state index in [0.717, 1.165) is 18.4 Å². The quantitative estimate of drug-likeness (QED) is 0.773. The maximum absolute atomic E-state index is 9.76. The van der Waals surface area contributed by atoms with Gasteiger partial charge in [-0.3, -0.25) is 0 Å². The number of phenolic OH excluding ortho intramolecular Hbond substituents is 1. The molecule has 0 heterocycles. The van der Waals surface area contributed by atoms with Gasteiger partial charge in [0.1, 0.15) is 5.75 Å². The number of aliphatic hydroxyl groups excluding tert-OH is 1. The van der Waals surface area contributed by atoms with Crippen LogP contribution >= 0.6 is 0 Å². The van der Waals surface area contributed by atoms with Gasteiger partial charge in [0, 0.05) is 5.56 Å². The fourth-order valence-electron chi connectivity index (χ4n) is 1.49. The molecule has 2 heteroatoms. The van der Waals surface area contributed by atoms with Gasteiger partial charge in [0.15, 0.2) is 0 Å². The standard InChI is InChI=1S/C12H18O2/c1-3-4-5-11(13)10-7-6-9(2)8-12(10)14/h6-8,11,13-14H,3-5H2,1-2H3. The molecule has 1 aromatic carbocycles. The van der Waals surface area contributed by atoms with Crippen LogP contribution in [0, 0.1) is 6.92 Å². The Kier molecular flexibility index (Phi) is 3.96. The second-order valence-electron chi connectivity index (χ2n) is 3.72. The highest BCUT2D eigenvalue weighted by Crippen LogP contribution is 2.28. The molecule has 1 rings (SSSR count). The minimum Gasteiger partial charge on any atom is -0.508 e. The molecule has 0 aliphatic carbocycles. The Morgan fingerprint density at radius 2 is 2.07 bits per heavy atom. The van der Waals surface area contributed by atoms with E-state index in [1.54, 1.807) is 12.1 Å². The Morgan fingerprint density at radius 3 is 2.64 bits per heavy atom. The van der Waals surface area contributed by atoms with Gasteiger partial charge in [0.05, 0.1) is 6.10 Å². The van der Waals surface area contributed by atoms with E-state index in [1.165, 1.54) is 0 Å². The van der Waals surface area contributed by atoms with Gasteiger partial charge in [0.25, 0.3) is 0 Å². The van der Waals surface area contributed by atoms with Crippen molar-refractivity contribution in [1.29, 1.82) is 0 Å². The molecular formula is C12H18O2. The fourth-order valence-corrected chi connectivity index (χ4v) is 1.49. The van der Waals surface area contributed by atoms with Gasteiger partial charge in [0.2, 0.25) is 0 Å². The average molecular weight is 194 g/mol. The first-order valence-corrected chi connectivity index (χ1v) is 5.12. The number of unbranched alkanes of at least 4 members (excludes halogenated alkanes) is 1. The van der Waals surface area contributed by atoms with Crippen LogP contribution in [-0.2, 0) is 0 Å². The minimum absolute atomic E-state index is 0.202. The second-order valence-corrected chi connectivity index (χ2v) is 3.72. The van der Waals surface area contributed by atoms with E-state index in [2.05, 4.69) is 6.92 Å². The number of aliphatic hydroxyl groups is 1. The number of aromatic hydroxyl groups is 1. The molecule has 1 atom stereocenters. The van der Waals surface area contributed by atoms with Crippen molar-refractivity contribution in [3.8, 4) is 5.75 Å². The Morgan fingerprint density at radius 1 is 1.36 bits per heavy atom. The molecule has 0 spiro atoms. The van der Waals surface area contributed by atoms with Gasteiger partial charge in [-0.25, -0.2) is 0 Å². The molecule has 1 aromatic rings. The third-order valence-electron chi connectivity index (χ3n) is 2.38. The first-order valence-electron chi connectivity index (χ1n) is 5.12. The maximum atomic E-state index is 9.76. The summed E-state index contributed by atoms with van der Waals surface area (Å²) in [5.41, 5.74) is 1.65. The summed E-state index contributed by atoms with van der Waals surface area (Å²) in [6.07, 6.45) is 2.22. The van der Waals surface area contributed by atoms with Crippen LogP contribution in [0.25, 0.3) is 0 Å². The molecule has 0 aliphatic rings. The molecule has 0 aromatic heterocycles. The van der Waals surface area contributed by atoms with E-state index < -0.39 is 6.10 Å². The number of hydrogen-bond donors (Lipinski definition) is 2. The molecule has 1 unspecified atom stereocenters. The minimum atomic E-state index is -0.532. The van der Waals surface area contributed by atoms with Crippen molar-refractivity contribution < 1.29 is 10.2 Å². The van der Waals surface area contributed by atoms with Crippen LogP contribution in [0.3, 0.4) is 0 Å². The number of benzene rings is 1. The Balaban J connectivity index is 2.74. The number of phenols is 1. The first kappa shape index (κ1) is 11.1. The SMILES string of the molecule is CCCCC(O)c1ccc(C)cc1O. The molecule has 2 nitrogen and oxygen atoms in total. The maximum Gasteiger partial charge on any atom is 0.121 e. The molecule has 0 radical (unpaired) electrons. The van der Waals surface area contributed by atoms with Gasteiger partial charge in [-0.2, -0.15) is 0 Å². The molecule has 0 amide bonds. The summed E-state index contributed by atoms with van der Waals surface area (Å²) in [6.45, 7) is 4.00. The van der Waals surface area contributed by atoms with E-state index in [9.17, 15) is 10.2 Å². The van der Waals surface area contributed by atoms with Gasteiger partial charge in [-0.1, -0.05) is 31.9 Å². The highest BCUT2D eigenvalue weighted by atomic mass is 16.3. The van der Waals surface area contributed by atoms with E-state index >= 15 is 0 Å². The van der Waals surface area contributed by atoms with Crippen molar-refractivity contribution >= 4 is 0 Å². The van der Waals surface area contributed by atoms with Crippen LogP contribution in [0.15, 0.2) is 18.2 Å². The van der Waals surface area contributed by atoms with Crippen LogP contribution in [0.2, 0.25) is 0 Å². The molecule has 0 saturated carbocycles. The Labute approximate surface area is 85.2 Å². The predicted octanol–water partition coefficient (Wildman–Crippen LogP) is 2.92. The lowest BCUT2D eigenvalue weighted by molar-refractivity contribution is 0.160. The van der Waals surface area contributed by atoms with E-state index in [4.69, 9.17) is 0 Å². The van der Waals surface area contributed by atoms with Crippen LogP contribution in [-0.4, -0.2) is 10.2 Å². The van der Waals surface area contributed by atoms with Crippen molar-refractivity contribution in [1.82, 2.24) is 0 Å².